The summed E-state index contributed by atoms with van der Waals surface area (Å²) in [5.41, 5.74) is 2.93. The average molecular weight is 485 g/mol. The number of hydrogen-bond acceptors (Lipinski definition) is 6. The van der Waals surface area contributed by atoms with Gasteiger partial charge in [-0.15, -0.1) is 0 Å². The van der Waals surface area contributed by atoms with E-state index in [-0.39, 0.29) is 25.9 Å². The molecule has 0 unspecified atom stereocenters. The van der Waals surface area contributed by atoms with Gasteiger partial charge in [-0.2, -0.15) is 0 Å². The van der Waals surface area contributed by atoms with Gasteiger partial charge in [0.15, 0.2) is 0 Å². The van der Waals surface area contributed by atoms with Crippen molar-refractivity contribution in [2.75, 3.05) is 19.8 Å². The minimum atomic E-state index is -0.712. The van der Waals surface area contributed by atoms with Gasteiger partial charge in [0, 0.05) is 5.02 Å². The summed E-state index contributed by atoms with van der Waals surface area (Å²) in [7, 11) is 0. The second-order valence-corrected chi connectivity index (χ2v) is 7.98. The number of amides is 2. The summed E-state index contributed by atoms with van der Waals surface area (Å²) in [5.74, 6) is -0.435. The first-order valence-electron chi connectivity index (χ1n) is 11.7. The molecule has 0 saturated heterocycles. The molecule has 1 N–H and O–H groups in total. The molecule has 0 heterocycles. The van der Waals surface area contributed by atoms with E-state index in [1.54, 1.807) is 38.1 Å². The standard InChI is InChI=1S/C24H37ClN2O6/c1-4-7-8-9-10-12-21(27(24(30)32-6-3)26-23(29)31-5-2)13-11-18-33-22(28)19-14-16-20(25)17-15-19/h14-17,21H,4-13,18H2,1-3H3,(H,26,29)/t21-/m1/s1. The van der Waals surface area contributed by atoms with Gasteiger partial charge in [-0.1, -0.05) is 50.6 Å². The van der Waals surface area contributed by atoms with Crippen molar-refractivity contribution in [3.8, 4) is 0 Å². The molecule has 1 aromatic carbocycles. The number of carbonyl (C=O) groups excluding carboxylic acids is 3. The molecule has 0 aliphatic heterocycles. The van der Waals surface area contributed by atoms with E-state index in [0.29, 0.717) is 29.8 Å². The fourth-order valence-corrected chi connectivity index (χ4v) is 3.41. The Kier molecular flexibility index (Phi) is 14.8. The van der Waals surface area contributed by atoms with Crippen molar-refractivity contribution in [2.45, 2.75) is 78.2 Å². The zero-order chi connectivity index (χ0) is 24.5. The maximum Gasteiger partial charge on any atom is 0.429 e. The van der Waals surface area contributed by atoms with Crippen molar-refractivity contribution >= 4 is 29.8 Å². The number of nitrogens with one attached hydrogen (secondary N) is 1. The number of carbonyl (C=O) groups is 3. The quantitative estimate of drug-likeness (QED) is 0.148. The van der Waals surface area contributed by atoms with E-state index in [2.05, 4.69) is 12.3 Å². The SMILES string of the molecule is CCCCCCC[C@H](CCCOC(=O)c1ccc(Cl)cc1)N(NC(=O)OCC)C(=O)OCC. The third kappa shape index (κ3) is 11.8. The molecule has 8 nitrogen and oxygen atoms in total. The fourth-order valence-electron chi connectivity index (χ4n) is 3.28. The molecule has 0 radical (unpaired) electrons. The predicted octanol–water partition coefficient (Wildman–Crippen LogP) is 6.13. The van der Waals surface area contributed by atoms with E-state index in [1.807, 2.05) is 0 Å². The Bertz CT molecular complexity index is 713. The summed E-state index contributed by atoms with van der Waals surface area (Å²) in [6.07, 6.45) is 5.72. The number of rotatable bonds is 14. The molecule has 1 aromatic rings. The summed E-state index contributed by atoms with van der Waals surface area (Å²) < 4.78 is 15.4. The van der Waals surface area contributed by atoms with Gasteiger partial charge >= 0.3 is 18.2 Å². The average Bonchev–Trinajstić information content (AvgIpc) is 2.79. The van der Waals surface area contributed by atoms with Gasteiger partial charge < -0.3 is 14.2 Å². The fraction of sp³-hybridized carbons (Fsp3) is 0.625. The smallest absolute Gasteiger partial charge is 0.429 e. The molecule has 0 saturated carbocycles. The topological polar surface area (TPSA) is 94.2 Å². The van der Waals surface area contributed by atoms with Gasteiger partial charge in [-0.05, 0) is 57.4 Å². The van der Waals surface area contributed by atoms with Crippen LogP contribution in [0.2, 0.25) is 5.02 Å². The second kappa shape index (κ2) is 17.1. The van der Waals surface area contributed by atoms with Crippen molar-refractivity contribution in [1.29, 1.82) is 0 Å². The van der Waals surface area contributed by atoms with E-state index >= 15 is 0 Å². The highest BCUT2D eigenvalue weighted by molar-refractivity contribution is 6.30. The zero-order valence-corrected chi connectivity index (χ0v) is 20.7. The van der Waals surface area contributed by atoms with Crippen LogP contribution in [0.3, 0.4) is 0 Å². The zero-order valence-electron chi connectivity index (χ0n) is 19.9. The molecule has 33 heavy (non-hydrogen) atoms. The van der Waals surface area contributed by atoms with Crippen LogP contribution in [0.25, 0.3) is 0 Å². The highest BCUT2D eigenvalue weighted by Gasteiger charge is 2.27. The molecular formula is C24H37ClN2O6. The molecule has 0 aliphatic rings. The summed E-state index contributed by atoms with van der Waals surface area (Å²) >= 11 is 5.85. The molecule has 2 amide bonds. The lowest BCUT2D eigenvalue weighted by Crippen LogP contribution is -2.52. The van der Waals surface area contributed by atoms with Gasteiger partial charge in [0.25, 0.3) is 0 Å². The summed E-state index contributed by atoms with van der Waals surface area (Å²) in [4.78, 5) is 36.8. The largest absolute Gasteiger partial charge is 0.462 e. The Balaban J connectivity index is 2.73. The van der Waals surface area contributed by atoms with E-state index in [1.165, 1.54) is 5.01 Å². The molecule has 186 valence electrons. The number of benzene rings is 1. The van der Waals surface area contributed by atoms with Gasteiger partial charge in [0.1, 0.15) is 0 Å². The Hall–Kier alpha value is -2.48. The molecule has 0 aliphatic carbocycles. The molecule has 0 spiro atoms. The van der Waals surface area contributed by atoms with Crippen LogP contribution in [0.5, 0.6) is 0 Å². The Morgan fingerprint density at radius 2 is 1.52 bits per heavy atom. The van der Waals surface area contributed by atoms with Crippen LogP contribution in [0.4, 0.5) is 9.59 Å². The van der Waals surface area contributed by atoms with Gasteiger partial charge in [-0.25, -0.2) is 24.8 Å². The number of hydrogen-bond donors (Lipinski definition) is 1. The number of hydrazine groups is 1. The van der Waals surface area contributed by atoms with Gasteiger partial charge in [0.2, 0.25) is 0 Å². The van der Waals surface area contributed by atoms with Gasteiger partial charge in [-0.3, -0.25) is 0 Å². The third-order valence-corrected chi connectivity index (χ3v) is 5.20. The second-order valence-electron chi connectivity index (χ2n) is 7.54. The highest BCUT2D eigenvalue weighted by Crippen LogP contribution is 2.17. The maximum atomic E-state index is 12.6. The molecule has 9 heteroatoms. The minimum absolute atomic E-state index is 0.182. The normalized spacial score (nSPS) is 11.4. The van der Waals surface area contributed by atoms with Crippen molar-refractivity contribution in [2.24, 2.45) is 0 Å². The van der Waals surface area contributed by atoms with Gasteiger partial charge in [0.05, 0.1) is 31.4 Å². The van der Waals surface area contributed by atoms with E-state index in [9.17, 15) is 14.4 Å². The Morgan fingerprint density at radius 3 is 2.15 bits per heavy atom. The van der Waals surface area contributed by atoms with Crippen molar-refractivity contribution < 1.29 is 28.6 Å². The van der Waals surface area contributed by atoms with Crippen LogP contribution >= 0.6 is 11.6 Å². The highest BCUT2D eigenvalue weighted by atomic mass is 35.5. The van der Waals surface area contributed by atoms with Crippen molar-refractivity contribution in [3.63, 3.8) is 0 Å². The Morgan fingerprint density at radius 1 is 0.879 bits per heavy atom. The van der Waals surface area contributed by atoms with Crippen LogP contribution in [0.15, 0.2) is 24.3 Å². The monoisotopic (exact) mass is 484 g/mol. The lowest BCUT2D eigenvalue weighted by Gasteiger charge is -2.30. The van der Waals surface area contributed by atoms with E-state index in [0.717, 1.165) is 32.1 Å². The summed E-state index contributed by atoms with van der Waals surface area (Å²) in [5, 5.41) is 1.75. The van der Waals surface area contributed by atoms with Crippen molar-refractivity contribution in [3.05, 3.63) is 34.9 Å². The molecule has 0 fully saturated rings. The Labute approximate surface area is 201 Å². The number of nitrogens with zero attached hydrogens (tertiary/aromatic N) is 1. The van der Waals surface area contributed by atoms with E-state index in [4.69, 9.17) is 25.8 Å². The number of unbranched alkanes of at least 4 members (excludes halogenated alkanes) is 4. The summed E-state index contributed by atoms with van der Waals surface area (Å²) in [6, 6.07) is 6.16. The molecule has 1 atom stereocenters. The van der Waals surface area contributed by atoms with Crippen molar-refractivity contribution in [1.82, 2.24) is 10.4 Å². The first-order chi connectivity index (χ1) is 15.9. The predicted molar refractivity (Wildman–Crippen MR) is 127 cm³/mol. The molecule has 1 rings (SSSR count). The van der Waals surface area contributed by atoms with Crippen LogP contribution in [0, 0.1) is 0 Å². The van der Waals surface area contributed by atoms with Crippen LogP contribution in [0.1, 0.15) is 82.5 Å². The summed E-state index contributed by atoms with van der Waals surface area (Å²) in [6.45, 7) is 6.10. The first kappa shape index (κ1) is 28.6. The maximum absolute atomic E-state index is 12.6. The molecule has 0 aromatic heterocycles. The number of esters is 1. The minimum Gasteiger partial charge on any atom is -0.462 e. The number of halogens is 1. The third-order valence-electron chi connectivity index (χ3n) is 4.95. The molecule has 0 bridgehead atoms. The van der Waals surface area contributed by atoms with E-state index < -0.39 is 18.2 Å². The first-order valence-corrected chi connectivity index (χ1v) is 12.1. The van der Waals surface area contributed by atoms with Crippen LogP contribution < -0.4 is 5.43 Å². The molecular weight excluding hydrogens is 448 g/mol. The van der Waals surface area contributed by atoms with Crippen LogP contribution in [-0.2, 0) is 14.2 Å². The number of ether oxygens (including phenoxy) is 3. The lowest BCUT2D eigenvalue weighted by atomic mass is 10.0. The lowest BCUT2D eigenvalue weighted by molar-refractivity contribution is 0.0411. The van der Waals surface area contributed by atoms with Crippen LogP contribution in [-0.4, -0.2) is 49.0 Å².